The average Bonchev–Trinajstić information content (AvgIpc) is 2.67. The number of esters is 1. The van der Waals surface area contributed by atoms with E-state index in [4.69, 9.17) is 14.2 Å². The summed E-state index contributed by atoms with van der Waals surface area (Å²) in [6, 6.07) is 0. The quantitative estimate of drug-likeness (QED) is 0.440. The molecule has 0 aromatic heterocycles. The molecule has 0 aromatic rings. The van der Waals surface area contributed by atoms with Crippen LogP contribution in [0.25, 0.3) is 0 Å². The summed E-state index contributed by atoms with van der Waals surface area (Å²) in [6.45, 7) is 6.69. The maximum absolute atomic E-state index is 11.8. The third kappa shape index (κ3) is 2.60. The smallest absolute Gasteiger partial charge is 0.351 e. The molecule has 0 aromatic carbocycles. The van der Waals surface area contributed by atoms with Crippen LogP contribution >= 0.6 is 0 Å². The maximum Gasteiger partial charge on any atom is 0.351 e. The Hall–Kier alpha value is -1.66. The van der Waals surface area contributed by atoms with Crippen molar-refractivity contribution in [1.29, 1.82) is 0 Å². The molecule has 1 rings (SSSR count). The number of cyclic esters (lactones) is 1. The van der Waals surface area contributed by atoms with Gasteiger partial charge in [-0.05, 0) is 19.9 Å². The molecule has 100 valence electrons. The van der Waals surface area contributed by atoms with Crippen LogP contribution in [0, 0.1) is 0 Å². The monoisotopic (exact) mass is 255 g/mol. The van der Waals surface area contributed by atoms with E-state index in [-0.39, 0.29) is 11.5 Å². The van der Waals surface area contributed by atoms with Crippen molar-refractivity contribution in [2.75, 3.05) is 14.2 Å². The number of ether oxygens (including phenoxy) is 3. The van der Waals surface area contributed by atoms with Crippen LogP contribution in [0.5, 0.6) is 0 Å². The molecule has 0 spiro atoms. The van der Waals surface area contributed by atoms with Gasteiger partial charge in [0.1, 0.15) is 0 Å². The molecular formula is C12H17NO5. The van der Waals surface area contributed by atoms with E-state index in [1.165, 1.54) is 20.3 Å². The summed E-state index contributed by atoms with van der Waals surface area (Å²) < 4.78 is 15.0. The average molecular weight is 255 g/mol. The Labute approximate surface area is 106 Å². The lowest BCUT2D eigenvalue weighted by molar-refractivity contribution is -0.304. The Morgan fingerprint density at radius 2 is 2.06 bits per heavy atom. The summed E-state index contributed by atoms with van der Waals surface area (Å²) in [4.78, 5) is 23.1. The van der Waals surface area contributed by atoms with Gasteiger partial charge >= 0.3 is 11.9 Å². The Kier molecular flexibility index (Phi) is 3.93. The van der Waals surface area contributed by atoms with Crippen molar-refractivity contribution >= 4 is 11.9 Å². The summed E-state index contributed by atoms with van der Waals surface area (Å²) in [5.41, 5.74) is -0.664. The highest BCUT2D eigenvalue weighted by Gasteiger charge is 2.46. The number of rotatable bonds is 5. The van der Waals surface area contributed by atoms with Gasteiger partial charge in [-0.1, -0.05) is 6.58 Å². The molecule has 0 atom stereocenters. The number of methoxy groups -OCH3 is 2. The van der Waals surface area contributed by atoms with Crippen molar-refractivity contribution in [3.05, 3.63) is 24.3 Å². The first-order valence-corrected chi connectivity index (χ1v) is 5.32. The molecule has 0 saturated carbocycles. The van der Waals surface area contributed by atoms with Gasteiger partial charge in [-0.3, -0.25) is 4.79 Å². The van der Waals surface area contributed by atoms with Crippen molar-refractivity contribution < 1.29 is 23.8 Å². The van der Waals surface area contributed by atoms with E-state index in [2.05, 4.69) is 11.9 Å². The van der Waals surface area contributed by atoms with E-state index in [9.17, 15) is 9.59 Å². The summed E-state index contributed by atoms with van der Waals surface area (Å²) in [5, 5.41) is 2.63. The molecule has 18 heavy (non-hydrogen) atoms. The van der Waals surface area contributed by atoms with Gasteiger partial charge in [-0.15, -0.1) is 0 Å². The number of nitrogens with one attached hydrogen (secondary N) is 1. The second kappa shape index (κ2) is 4.91. The number of hydrogen-bond donors (Lipinski definition) is 1. The van der Waals surface area contributed by atoms with Crippen LogP contribution in [-0.2, 0) is 23.8 Å². The first kappa shape index (κ1) is 14.4. The number of amides is 1. The van der Waals surface area contributed by atoms with Gasteiger partial charge in [0, 0.05) is 20.3 Å². The van der Waals surface area contributed by atoms with Crippen molar-refractivity contribution in [2.24, 2.45) is 0 Å². The molecule has 6 heteroatoms. The first-order chi connectivity index (χ1) is 8.30. The largest absolute Gasteiger partial charge is 0.401 e. The Balaban J connectivity index is 3.04. The Morgan fingerprint density at radius 1 is 1.50 bits per heavy atom. The molecule has 1 aliphatic heterocycles. The fraction of sp³-hybridized carbons (Fsp3) is 0.500. The molecular weight excluding hydrogens is 238 g/mol. The van der Waals surface area contributed by atoms with E-state index in [1.54, 1.807) is 13.8 Å². The number of carbonyl (C=O) groups excluding carboxylic acids is 2. The molecule has 0 unspecified atom stereocenters. The minimum atomic E-state index is -1.53. The zero-order valence-electron chi connectivity index (χ0n) is 10.9. The van der Waals surface area contributed by atoms with Crippen molar-refractivity contribution in [1.82, 2.24) is 5.32 Å². The van der Waals surface area contributed by atoms with Gasteiger partial charge in [0.05, 0.1) is 11.1 Å². The van der Waals surface area contributed by atoms with Crippen molar-refractivity contribution in [3.63, 3.8) is 0 Å². The summed E-state index contributed by atoms with van der Waals surface area (Å²) >= 11 is 0. The van der Waals surface area contributed by atoms with Gasteiger partial charge in [0.25, 0.3) is 0 Å². The van der Waals surface area contributed by atoms with Crippen LogP contribution < -0.4 is 5.32 Å². The fourth-order valence-corrected chi connectivity index (χ4v) is 1.60. The molecule has 0 saturated heterocycles. The lowest BCUT2D eigenvalue weighted by Gasteiger charge is -2.24. The predicted molar refractivity (Wildman–Crippen MR) is 63.3 cm³/mol. The highest BCUT2D eigenvalue weighted by atomic mass is 16.9. The van der Waals surface area contributed by atoms with Crippen LogP contribution in [0.2, 0.25) is 0 Å². The summed E-state index contributed by atoms with van der Waals surface area (Å²) in [7, 11) is 2.71. The standard InChI is InChI=1S/C12H17NO5/c1-6-9(14)13-11(2,3)8-7-12(16-4,17-5)18-10(8)15/h6-7H,1H2,2-5H3,(H,13,14). The minimum absolute atomic E-state index is 0.251. The van der Waals surface area contributed by atoms with Gasteiger partial charge < -0.3 is 19.5 Å². The third-order valence-corrected chi connectivity index (χ3v) is 2.64. The highest BCUT2D eigenvalue weighted by Crippen LogP contribution is 2.32. The van der Waals surface area contributed by atoms with Gasteiger partial charge in [0.15, 0.2) is 0 Å². The second-order valence-electron chi connectivity index (χ2n) is 4.28. The lowest BCUT2D eigenvalue weighted by Crippen LogP contribution is -2.45. The normalized spacial score (nSPS) is 18.0. The summed E-state index contributed by atoms with van der Waals surface area (Å²) in [5.74, 6) is -2.52. The molecule has 1 amide bonds. The van der Waals surface area contributed by atoms with Gasteiger partial charge in [0.2, 0.25) is 5.91 Å². The van der Waals surface area contributed by atoms with Crippen LogP contribution in [0.15, 0.2) is 24.3 Å². The van der Waals surface area contributed by atoms with Crippen LogP contribution in [-0.4, -0.2) is 37.6 Å². The Morgan fingerprint density at radius 3 is 2.44 bits per heavy atom. The summed E-state index contributed by atoms with van der Waals surface area (Å²) in [6.07, 6.45) is 2.53. The lowest BCUT2D eigenvalue weighted by atomic mass is 9.94. The van der Waals surface area contributed by atoms with E-state index >= 15 is 0 Å². The molecule has 0 fully saturated rings. The van der Waals surface area contributed by atoms with Crippen LogP contribution in [0.1, 0.15) is 13.8 Å². The zero-order valence-corrected chi connectivity index (χ0v) is 10.9. The minimum Gasteiger partial charge on any atom is -0.401 e. The SMILES string of the molecule is C=CC(=O)NC(C)(C)C1=CC(OC)(OC)OC1=O. The third-order valence-electron chi connectivity index (χ3n) is 2.64. The van der Waals surface area contributed by atoms with E-state index in [0.717, 1.165) is 6.08 Å². The van der Waals surface area contributed by atoms with E-state index < -0.39 is 17.5 Å². The van der Waals surface area contributed by atoms with E-state index in [0.29, 0.717) is 0 Å². The number of hydrogen-bond acceptors (Lipinski definition) is 5. The second-order valence-corrected chi connectivity index (χ2v) is 4.28. The van der Waals surface area contributed by atoms with Crippen molar-refractivity contribution in [3.8, 4) is 0 Å². The van der Waals surface area contributed by atoms with E-state index in [1.807, 2.05) is 0 Å². The highest BCUT2D eigenvalue weighted by molar-refractivity contribution is 5.96. The number of carbonyl (C=O) groups is 2. The molecule has 0 bridgehead atoms. The van der Waals surface area contributed by atoms with Crippen LogP contribution in [0.4, 0.5) is 0 Å². The molecule has 6 nitrogen and oxygen atoms in total. The van der Waals surface area contributed by atoms with Crippen LogP contribution in [0.3, 0.4) is 0 Å². The Bertz CT molecular complexity index is 407. The molecule has 1 heterocycles. The fourth-order valence-electron chi connectivity index (χ4n) is 1.60. The van der Waals surface area contributed by atoms with Crippen molar-refractivity contribution in [2.45, 2.75) is 25.4 Å². The first-order valence-electron chi connectivity index (χ1n) is 5.32. The molecule has 1 aliphatic rings. The van der Waals surface area contributed by atoms with Gasteiger partial charge in [-0.25, -0.2) is 4.79 Å². The molecule has 0 radical (unpaired) electrons. The predicted octanol–water partition coefficient (Wildman–Crippen LogP) is 0.497. The zero-order chi connectivity index (χ0) is 14.0. The maximum atomic E-state index is 11.8. The molecule has 0 aliphatic carbocycles. The molecule has 1 N–H and O–H groups in total. The van der Waals surface area contributed by atoms with Gasteiger partial charge in [-0.2, -0.15) is 0 Å². The topological polar surface area (TPSA) is 73.9 Å².